The Kier molecular flexibility index (Phi) is 5.78. The van der Waals surface area contributed by atoms with Crippen molar-refractivity contribution < 1.29 is 9.59 Å². The van der Waals surface area contributed by atoms with Crippen molar-refractivity contribution in [1.82, 2.24) is 10.2 Å². The summed E-state index contributed by atoms with van der Waals surface area (Å²) in [6, 6.07) is 8.07. The smallest absolute Gasteiger partial charge is 0.241 e. The molecule has 0 unspecified atom stereocenters. The first-order chi connectivity index (χ1) is 10.2. The monoisotopic (exact) mass is 288 g/mol. The van der Waals surface area contributed by atoms with E-state index in [1.807, 2.05) is 36.1 Å². The minimum atomic E-state index is -0.0522. The molecule has 4 nitrogen and oxygen atoms in total. The van der Waals surface area contributed by atoms with Gasteiger partial charge in [-0.2, -0.15) is 0 Å². The second-order valence-electron chi connectivity index (χ2n) is 5.64. The minimum Gasteiger partial charge on any atom is -0.347 e. The Bertz CT molecular complexity index is 493. The summed E-state index contributed by atoms with van der Waals surface area (Å²) in [6.07, 6.45) is 4.50. The van der Waals surface area contributed by atoms with Gasteiger partial charge in [0.25, 0.3) is 0 Å². The average molecular weight is 288 g/mol. The van der Waals surface area contributed by atoms with Crippen LogP contribution >= 0.6 is 0 Å². The number of benzene rings is 1. The third-order valence-electron chi connectivity index (χ3n) is 4.03. The number of amides is 2. The fourth-order valence-electron chi connectivity index (χ4n) is 2.66. The summed E-state index contributed by atoms with van der Waals surface area (Å²) in [5, 5.41) is 2.74. The van der Waals surface area contributed by atoms with Gasteiger partial charge in [-0.25, -0.2) is 0 Å². The van der Waals surface area contributed by atoms with Gasteiger partial charge in [-0.15, -0.1) is 0 Å². The lowest BCUT2D eigenvalue weighted by molar-refractivity contribution is -0.133. The SMILES string of the molecule is Cc1ccccc1CCC(=O)NCC(=O)N1CCCCC1. The first kappa shape index (κ1) is 15.5. The fraction of sp³-hybridized carbons (Fsp3) is 0.529. The van der Waals surface area contributed by atoms with E-state index >= 15 is 0 Å². The number of hydrogen-bond donors (Lipinski definition) is 1. The molecule has 1 fully saturated rings. The largest absolute Gasteiger partial charge is 0.347 e. The van der Waals surface area contributed by atoms with Crippen LogP contribution in [-0.4, -0.2) is 36.3 Å². The molecule has 0 atom stereocenters. The summed E-state index contributed by atoms with van der Waals surface area (Å²) < 4.78 is 0. The molecule has 21 heavy (non-hydrogen) atoms. The van der Waals surface area contributed by atoms with Crippen molar-refractivity contribution in [3.63, 3.8) is 0 Å². The average Bonchev–Trinajstić information content (AvgIpc) is 2.52. The second kappa shape index (κ2) is 7.81. The van der Waals surface area contributed by atoms with E-state index in [4.69, 9.17) is 0 Å². The molecule has 0 saturated carbocycles. The van der Waals surface area contributed by atoms with Crippen LogP contribution in [0.15, 0.2) is 24.3 Å². The van der Waals surface area contributed by atoms with Crippen LogP contribution < -0.4 is 5.32 Å². The van der Waals surface area contributed by atoms with Gasteiger partial charge in [0.05, 0.1) is 6.54 Å². The Hall–Kier alpha value is -1.84. The zero-order valence-electron chi connectivity index (χ0n) is 12.7. The van der Waals surface area contributed by atoms with Gasteiger partial charge in [-0.1, -0.05) is 24.3 Å². The molecule has 1 aromatic carbocycles. The number of likely N-dealkylation sites (tertiary alicyclic amines) is 1. The maximum absolute atomic E-state index is 11.9. The predicted octanol–water partition coefficient (Wildman–Crippen LogP) is 2.06. The van der Waals surface area contributed by atoms with Gasteiger partial charge in [0, 0.05) is 19.5 Å². The van der Waals surface area contributed by atoms with Crippen LogP contribution in [-0.2, 0) is 16.0 Å². The van der Waals surface area contributed by atoms with Gasteiger partial charge >= 0.3 is 0 Å². The van der Waals surface area contributed by atoms with Crippen molar-refractivity contribution >= 4 is 11.8 Å². The predicted molar refractivity (Wildman–Crippen MR) is 82.9 cm³/mol. The molecular weight excluding hydrogens is 264 g/mol. The lowest BCUT2D eigenvalue weighted by Gasteiger charge is -2.26. The van der Waals surface area contributed by atoms with Crippen LogP contribution in [0.5, 0.6) is 0 Å². The standard InChI is InChI=1S/C17H24N2O2/c1-14-7-3-4-8-15(14)9-10-16(20)18-13-17(21)19-11-5-2-6-12-19/h3-4,7-8H,2,5-6,9-13H2,1H3,(H,18,20). The van der Waals surface area contributed by atoms with Crippen molar-refractivity contribution in [2.45, 2.75) is 39.0 Å². The van der Waals surface area contributed by atoms with Gasteiger partial charge in [0.2, 0.25) is 11.8 Å². The summed E-state index contributed by atoms with van der Waals surface area (Å²) >= 11 is 0. The van der Waals surface area contributed by atoms with Crippen LogP contribution in [0.1, 0.15) is 36.8 Å². The zero-order chi connectivity index (χ0) is 15.1. The zero-order valence-corrected chi connectivity index (χ0v) is 12.7. The summed E-state index contributed by atoms with van der Waals surface area (Å²) in [4.78, 5) is 25.6. The Labute approximate surface area is 126 Å². The number of aryl methyl sites for hydroxylation is 2. The maximum atomic E-state index is 11.9. The number of nitrogens with zero attached hydrogens (tertiary/aromatic N) is 1. The van der Waals surface area contributed by atoms with Crippen molar-refractivity contribution in [3.8, 4) is 0 Å². The summed E-state index contributed by atoms with van der Waals surface area (Å²) in [6.45, 7) is 3.84. The van der Waals surface area contributed by atoms with E-state index in [1.54, 1.807) is 0 Å². The van der Waals surface area contributed by atoms with Gasteiger partial charge in [0.1, 0.15) is 0 Å². The van der Waals surface area contributed by atoms with E-state index in [1.165, 1.54) is 17.5 Å². The lowest BCUT2D eigenvalue weighted by Crippen LogP contribution is -2.42. The third-order valence-corrected chi connectivity index (χ3v) is 4.03. The summed E-state index contributed by atoms with van der Waals surface area (Å²) in [5.41, 5.74) is 2.39. The maximum Gasteiger partial charge on any atom is 0.241 e. The van der Waals surface area contributed by atoms with Crippen LogP contribution in [0, 0.1) is 6.92 Å². The molecule has 2 amide bonds. The fourth-order valence-corrected chi connectivity index (χ4v) is 2.66. The van der Waals surface area contributed by atoms with Gasteiger partial charge in [-0.05, 0) is 43.7 Å². The molecule has 1 aliphatic heterocycles. The third kappa shape index (κ3) is 4.88. The number of nitrogens with one attached hydrogen (secondary N) is 1. The topological polar surface area (TPSA) is 49.4 Å². The Morgan fingerprint density at radius 3 is 2.57 bits per heavy atom. The molecule has 0 aromatic heterocycles. The molecule has 2 rings (SSSR count). The van der Waals surface area contributed by atoms with Gasteiger partial charge in [-0.3, -0.25) is 9.59 Å². The van der Waals surface area contributed by atoms with E-state index in [-0.39, 0.29) is 18.4 Å². The Morgan fingerprint density at radius 2 is 1.86 bits per heavy atom. The highest BCUT2D eigenvalue weighted by Gasteiger charge is 2.16. The molecule has 0 spiro atoms. The van der Waals surface area contributed by atoms with Crippen LogP contribution in [0.25, 0.3) is 0 Å². The van der Waals surface area contributed by atoms with Crippen molar-refractivity contribution in [3.05, 3.63) is 35.4 Å². The Morgan fingerprint density at radius 1 is 1.14 bits per heavy atom. The van der Waals surface area contributed by atoms with Crippen LogP contribution in [0.3, 0.4) is 0 Å². The van der Waals surface area contributed by atoms with Crippen molar-refractivity contribution in [2.24, 2.45) is 0 Å². The molecule has 1 N–H and O–H groups in total. The molecule has 1 aromatic rings. The first-order valence-corrected chi connectivity index (χ1v) is 7.76. The molecule has 0 radical (unpaired) electrons. The number of hydrogen-bond acceptors (Lipinski definition) is 2. The van der Waals surface area contributed by atoms with Crippen LogP contribution in [0.2, 0.25) is 0 Å². The van der Waals surface area contributed by atoms with E-state index < -0.39 is 0 Å². The first-order valence-electron chi connectivity index (χ1n) is 7.76. The highest BCUT2D eigenvalue weighted by Crippen LogP contribution is 2.10. The molecule has 114 valence electrons. The number of piperidine rings is 1. The van der Waals surface area contributed by atoms with Crippen molar-refractivity contribution in [2.75, 3.05) is 19.6 Å². The molecule has 1 saturated heterocycles. The highest BCUT2D eigenvalue weighted by atomic mass is 16.2. The molecule has 0 bridgehead atoms. The van der Waals surface area contributed by atoms with E-state index in [0.29, 0.717) is 6.42 Å². The van der Waals surface area contributed by atoms with E-state index in [9.17, 15) is 9.59 Å². The molecule has 0 aliphatic carbocycles. The molecular formula is C17H24N2O2. The second-order valence-corrected chi connectivity index (χ2v) is 5.64. The quantitative estimate of drug-likeness (QED) is 0.901. The number of carbonyl (C=O) groups is 2. The van der Waals surface area contributed by atoms with Crippen LogP contribution in [0.4, 0.5) is 0 Å². The number of carbonyl (C=O) groups excluding carboxylic acids is 2. The lowest BCUT2D eigenvalue weighted by atomic mass is 10.0. The van der Waals surface area contributed by atoms with E-state index in [0.717, 1.165) is 32.4 Å². The van der Waals surface area contributed by atoms with Gasteiger partial charge in [0.15, 0.2) is 0 Å². The summed E-state index contributed by atoms with van der Waals surface area (Å²) in [5.74, 6) is -0.0115. The van der Waals surface area contributed by atoms with E-state index in [2.05, 4.69) is 5.32 Å². The summed E-state index contributed by atoms with van der Waals surface area (Å²) in [7, 11) is 0. The normalized spacial score (nSPS) is 14.8. The Balaban J connectivity index is 1.70. The molecule has 4 heteroatoms. The van der Waals surface area contributed by atoms with Crippen molar-refractivity contribution in [1.29, 1.82) is 0 Å². The minimum absolute atomic E-state index is 0.0407. The molecule has 1 heterocycles. The highest BCUT2D eigenvalue weighted by molar-refractivity contribution is 5.84. The van der Waals surface area contributed by atoms with Gasteiger partial charge < -0.3 is 10.2 Å². The number of rotatable bonds is 5. The molecule has 1 aliphatic rings.